The van der Waals surface area contributed by atoms with Gasteiger partial charge in [-0.15, -0.1) is 0 Å². The zero-order valence-corrected chi connectivity index (χ0v) is 12.5. The molecule has 0 bridgehead atoms. The first-order valence-electron chi connectivity index (χ1n) is 8.17. The van der Waals surface area contributed by atoms with Crippen LogP contribution >= 0.6 is 0 Å². The Morgan fingerprint density at radius 2 is 1.81 bits per heavy atom. The Balaban J connectivity index is 1.69. The molecule has 1 aromatic rings. The van der Waals surface area contributed by atoms with E-state index in [1.807, 2.05) is 9.80 Å². The molecule has 2 amide bonds. The predicted molar refractivity (Wildman–Crippen MR) is 83.8 cm³/mol. The molecule has 0 saturated carbocycles. The normalized spacial score (nSPS) is 23.6. The maximum Gasteiger partial charge on any atom is 0.324 e. The van der Waals surface area contributed by atoms with Gasteiger partial charge in [0.2, 0.25) is 0 Å². The van der Waals surface area contributed by atoms with Crippen LogP contribution in [0.5, 0.6) is 0 Å². The number of para-hydroxylation sites is 1. The number of fused-ring (bicyclic) bond motifs is 2. The number of rotatable bonds is 0. The van der Waals surface area contributed by atoms with E-state index in [0.29, 0.717) is 0 Å². The van der Waals surface area contributed by atoms with Gasteiger partial charge < -0.3 is 10.2 Å². The number of carbonyl (C=O) groups is 1. The molecule has 1 spiro atoms. The topological polar surface area (TPSA) is 35.6 Å². The van der Waals surface area contributed by atoms with Gasteiger partial charge in [-0.3, -0.25) is 4.90 Å². The molecule has 4 nitrogen and oxygen atoms in total. The minimum atomic E-state index is 0.178. The number of likely N-dealkylation sites (tertiary alicyclic amines) is 1. The summed E-state index contributed by atoms with van der Waals surface area (Å²) in [6.45, 7) is 4.82. The van der Waals surface area contributed by atoms with Crippen molar-refractivity contribution in [2.24, 2.45) is 0 Å². The Kier molecular flexibility index (Phi) is 3.14. The van der Waals surface area contributed by atoms with Crippen LogP contribution in [0.3, 0.4) is 0 Å². The van der Waals surface area contributed by atoms with E-state index in [9.17, 15) is 4.79 Å². The van der Waals surface area contributed by atoms with E-state index in [2.05, 4.69) is 29.6 Å². The van der Waals surface area contributed by atoms with Crippen molar-refractivity contribution in [1.82, 2.24) is 10.2 Å². The van der Waals surface area contributed by atoms with Crippen LogP contribution in [0.15, 0.2) is 24.3 Å². The monoisotopic (exact) mass is 285 g/mol. The number of piperidine rings is 1. The molecular formula is C17H23N3O. The minimum Gasteiger partial charge on any atom is -0.324 e. The second-order valence-electron chi connectivity index (χ2n) is 6.61. The average Bonchev–Trinajstić information content (AvgIpc) is 3.16. The molecule has 21 heavy (non-hydrogen) atoms. The summed E-state index contributed by atoms with van der Waals surface area (Å²) in [4.78, 5) is 16.9. The number of nitrogens with zero attached hydrogens (tertiary/aromatic N) is 2. The highest BCUT2D eigenvalue weighted by Crippen LogP contribution is 2.46. The highest BCUT2D eigenvalue weighted by molar-refractivity contribution is 5.95. The summed E-state index contributed by atoms with van der Waals surface area (Å²) in [5.41, 5.74) is 2.72. The van der Waals surface area contributed by atoms with E-state index < -0.39 is 0 Å². The first-order chi connectivity index (χ1) is 10.3. The third-order valence-electron chi connectivity index (χ3n) is 5.40. The number of amides is 2. The van der Waals surface area contributed by atoms with E-state index in [0.717, 1.165) is 64.1 Å². The number of benzene rings is 1. The Bertz CT molecular complexity index is 545. The molecule has 3 aliphatic heterocycles. The van der Waals surface area contributed by atoms with E-state index >= 15 is 0 Å². The molecule has 3 aliphatic rings. The number of nitrogens with one attached hydrogen (secondary N) is 1. The maximum atomic E-state index is 12.9. The fourth-order valence-corrected chi connectivity index (χ4v) is 4.21. The lowest BCUT2D eigenvalue weighted by atomic mass is 9.75. The molecule has 1 N–H and O–H groups in total. The molecule has 2 saturated heterocycles. The minimum absolute atomic E-state index is 0.178. The number of hydrogen-bond donors (Lipinski definition) is 1. The fraction of sp³-hybridized carbons (Fsp3) is 0.588. The van der Waals surface area contributed by atoms with Crippen LogP contribution in [0.4, 0.5) is 10.5 Å². The number of urea groups is 1. The lowest BCUT2D eigenvalue weighted by Crippen LogP contribution is -2.47. The van der Waals surface area contributed by atoms with Crippen LogP contribution in [0, 0.1) is 0 Å². The van der Waals surface area contributed by atoms with Gasteiger partial charge in [0.1, 0.15) is 0 Å². The Morgan fingerprint density at radius 1 is 1.10 bits per heavy atom. The Morgan fingerprint density at radius 3 is 2.57 bits per heavy atom. The van der Waals surface area contributed by atoms with Gasteiger partial charge >= 0.3 is 6.03 Å². The molecule has 0 unspecified atom stereocenters. The van der Waals surface area contributed by atoms with Gasteiger partial charge in [0.25, 0.3) is 0 Å². The summed E-state index contributed by atoms with van der Waals surface area (Å²) in [6.07, 6.45) is 4.56. The SMILES string of the molecule is O=C(N1CCCC1)N1CC2(CCNCC2)c2ccccc21. The van der Waals surface area contributed by atoms with Crippen LogP contribution in [0.1, 0.15) is 31.2 Å². The molecule has 1 aromatic carbocycles. The van der Waals surface area contributed by atoms with Gasteiger partial charge in [-0.2, -0.15) is 0 Å². The van der Waals surface area contributed by atoms with Crippen LogP contribution in [-0.2, 0) is 5.41 Å². The van der Waals surface area contributed by atoms with Crippen LogP contribution in [0.2, 0.25) is 0 Å². The number of anilines is 1. The van der Waals surface area contributed by atoms with E-state index in [1.165, 1.54) is 5.56 Å². The summed E-state index contributed by atoms with van der Waals surface area (Å²) >= 11 is 0. The van der Waals surface area contributed by atoms with Gasteiger partial charge in [-0.1, -0.05) is 18.2 Å². The summed E-state index contributed by atoms with van der Waals surface area (Å²) in [5, 5.41) is 3.45. The molecule has 4 heteroatoms. The molecule has 112 valence electrons. The molecule has 2 fully saturated rings. The van der Waals surface area contributed by atoms with Crippen molar-refractivity contribution in [3.8, 4) is 0 Å². The quantitative estimate of drug-likeness (QED) is 0.794. The van der Waals surface area contributed by atoms with E-state index in [1.54, 1.807) is 0 Å². The van der Waals surface area contributed by atoms with Gasteiger partial charge in [0, 0.05) is 30.7 Å². The van der Waals surface area contributed by atoms with Crippen molar-refractivity contribution in [3.63, 3.8) is 0 Å². The Labute approximate surface area is 126 Å². The highest BCUT2D eigenvalue weighted by Gasteiger charge is 2.45. The van der Waals surface area contributed by atoms with E-state index in [4.69, 9.17) is 0 Å². The lowest BCUT2D eigenvalue weighted by Gasteiger charge is -2.35. The second kappa shape index (κ2) is 5.02. The third-order valence-corrected chi connectivity index (χ3v) is 5.40. The van der Waals surface area contributed by atoms with Crippen molar-refractivity contribution in [2.75, 3.05) is 37.6 Å². The first kappa shape index (κ1) is 13.1. The molecule has 4 rings (SSSR count). The summed E-state index contributed by atoms with van der Waals surface area (Å²) in [5.74, 6) is 0. The largest absolute Gasteiger partial charge is 0.324 e. The maximum absolute atomic E-state index is 12.9. The zero-order chi connectivity index (χ0) is 14.3. The van der Waals surface area contributed by atoms with E-state index in [-0.39, 0.29) is 11.4 Å². The molecule has 0 aromatic heterocycles. The molecular weight excluding hydrogens is 262 g/mol. The van der Waals surface area contributed by atoms with Crippen LogP contribution < -0.4 is 10.2 Å². The second-order valence-corrected chi connectivity index (χ2v) is 6.61. The standard InChI is InChI=1S/C17H23N3O/c21-16(19-11-3-4-12-19)20-13-17(7-9-18-10-8-17)14-5-1-2-6-15(14)20/h1-2,5-6,18H,3-4,7-13H2. The Hall–Kier alpha value is -1.55. The number of hydrogen-bond acceptors (Lipinski definition) is 2. The van der Waals surface area contributed by atoms with Gasteiger partial charge in [-0.05, 0) is 50.4 Å². The third kappa shape index (κ3) is 2.04. The zero-order valence-electron chi connectivity index (χ0n) is 12.5. The molecule has 0 atom stereocenters. The smallest absolute Gasteiger partial charge is 0.324 e. The first-order valence-corrected chi connectivity index (χ1v) is 8.17. The summed E-state index contributed by atoms with van der Waals surface area (Å²) < 4.78 is 0. The summed E-state index contributed by atoms with van der Waals surface area (Å²) in [7, 11) is 0. The van der Waals surface area contributed by atoms with Gasteiger partial charge in [0.15, 0.2) is 0 Å². The van der Waals surface area contributed by atoms with Crippen LogP contribution in [0.25, 0.3) is 0 Å². The van der Waals surface area contributed by atoms with Crippen LogP contribution in [-0.4, -0.2) is 43.7 Å². The van der Waals surface area contributed by atoms with Crippen molar-refractivity contribution in [1.29, 1.82) is 0 Å². The summed E-state index contributed by atoms with van der Waals surface area (Å²) in [6, 6.07) is 8.75. The highest BCUT2D eigenvalue weighted by atomic mass is 16.2. The molecule has 0 aliphatic carbocycles. The van der Waals surface area contributed by atoms with Crippen molar-refractivity contribution in [3.05, 3.63) is 29.8 Å². The van der Waals surface area contributed by atoms with Crippen molar-refractivity contribution < 1.29 is 4.79 Å². The van der Waals surface area contributed by atoms with Gasteiger partial charge in [-0.25, -0.2) is 4.79 Å². The number of carbonyl (C=O) groups excluding carboxylic acids is 1. The molecule has 3 heterocycles. The van der Waals surface area contributed by atoms with Crippen molar-refractivity contribution >= 4 is 11.7 Å². The fourth-order valence-electron chi connectivity index (χ4n) is 4.21. The average molecular weight is 285 g/mol. The lowest BCUT2D eigenvalue weighted by molar-refractivity contribution is 0.213. The van der Waals surface area contributed by atoms with Gasteiger partial charge in [0.05, 0.1) is 0 Å². The predicted octanol–water partition coefficient (Wildman–Crippen LogP) is 2.34. The molecule has 0 radical (unpaired) electrons. The van der Waals surface area contributed by atoms with Crippen molar-refractivity contribution in [2.45, 2.75) is 31.1 Å².